The van der Waals surface area contributed by atoms with Gasteiger partial charge in [-0.15, -0.1) is 0 Å². The third-order valence-corrected chi connectivity index (χ3v) is 5.06. The molecule has 1 aromatic carbocycles. The van der Waals surface area contributed by atoms with Crippen molar-refractivity contribution in [1.82, 2.24) is 0 Å². The van der Waals surface area contributed by atoms with Crippen molar-refractivity contribution in [3.05, 3.63) is 29.8 Å². The zero-order valence-electron chi connectivity index (χ0n) is 12.8. The van der Waals surface area contributed by atoms with Gasteiger partial charge in [0.2, 0.25) is 5.91 Å². The van der Waals surface area contributed by atoms with Gasteiger partial charge in [0, 0.05) is 18.7 Å². The topological polar surface area (TPSA) is 57.6 Å². The summed E-state index contributed by atoms with van der Waals surface area (Å²) in [4.78, 5) is 25.6. The van der Waals surface area contributed by atoms with Crippen molar-refractivity contribution < 1.29 is 14.7 Å². The standard InChI is InChI=1S/C18H23NO3/c20-17(11-10-13-6-2-1-3-7-13)19-12-15(18(21)22)14-8-4-5-9-16(14)19/h4-5,8-9,13,15H,1-3,6-7,10-12H2,(H,21,22). The molecule has 1 aromatic rings. The van der Waals surface area contributed by atoms with E-state index in [1.165, 1.54) is 32.1 Å². The average molecular weight is 301 g/mol. The van der Waals surface area contributed by atoms with Gasteiger partial charge in [-0.1, -0.05) is 50.3 Å². The highest BCUT2D eigenvalue weighted by Crippen LogP contribution is 2.37. The van der Waals surface area contributed by atoms with Crippen LogP contribution in [0.1, 0.15) is 56.4 Å². The molecule has 1 heterocycles. The van der Waals surface area contributed by atoms with E-state index in [-0.39, 0.29) is 12.5 Å². The molecule has 1 N–H and O–H groups in total. The molecule has 0 spiro atoms. The Morgan fingerprint density at radius 3 is 2.59 bits per heavy atom. The van der Waals surface area contributed by atoms with Crippen molar-refractivity contribution in [3.8, 4) is 0 Å². The predicted molar refractivity (Wildman–Crippen MR) is 85.0 cm³/mol. The molecule has 3 rings (SSSR count). The number of nitrogens with zero attached hydrogens (tertiary/aromatic N) is 1. The van der Waals surface area contributed by atoms with Crippen molar-refractivity contribution in [2.45, 2.75) is 50.9 Å². The lowest BCUT2D eigenvalue weighted by atomic mass is 9.86. The quantitative estimate of drug-likeness (QED) is 0.925. The van der Waals surface area contributed by atoms with Crippen LogP contribution >= 0.6 is 0 Å². The first-order valence-electron chi connectivity index (χ1n) is 8.29. The minimum absolute atomic E-state index is 0.0711. The van der Waals surface area contributed by atoms with Gasteiger partial charge in [-0.25, -0.2) is 0 Å². The Hall–Kier alpha value is -1.84. The number of para-hydroxylation sites is 1. The maximum absolute atomic E-state index is 12.6. The molecule has 1 fully saturated rings. The van der Waals surface area contributed by atoms with Crippen molar-refractivity contribution >= 4 is 17.6 Å². The van der Waals surface area contributed by atoms with Crippen LogP contribution in [0, 0.1) is 5.92 Å². The molecule has 0 bridgehead atoms. The fraction of sp³-hybridized carbons (Fsp3) is 0.556. The molecule has 1 aliphatic carbocycles. The van der Waals surface area contributed by atoms with Crippen LogP contribution in [-0.4, -0.2) is 23.5 Å². The van der Waals surface area contributed by atoms with E-state index in [0.717, 1.165) is 17.7 Å². The lowest BCUT2D eigenvalue weighted by molar-refractivity contribution is -0.138. The third-order valence-electron chi connectivity index (χ3n) is 5.06. The fourth-order valence-electron chi connectivity index (χ4n) is 3.79. The summed E-state index contributed by atoms with van der Waals surface area (Å²) < 4.78 is 0. The second kappa shape index (κ2) is 6.51. The summed E-state index contributed by atoms with van der Waals surface area (Å²) in [7, 11) is 0. The van der Waals surface area contributed by atoms with E-state index in [2.05, 4.69) is 0 Å². The zero-order valence-corrected chi connectivity index (χ0v) is 12.8. The number of amides is 1. The van der Waals surface area contributed by atoms with Crippen molar-refractivity contribution in [2.75, 3.05) is 11.4 Å². The highest BCUT2D eigenvalue weighted by molar-refractivity contribution is 5.98. The summed E-state index contributed by atoms with van der Waals surface area (Å²) in [5.41, 5.74) is 1.55. The molecule has 0 aromatic heterocycles. The molecule has 1 unspecified atom stereocenters. The summed E-state index contributed by atoms with van der Waals surface area (Å²) in [5.74, 6) is -0.697. The maximum atomic E-state index is 12.6. The van der Waals surface area contributed by atoms with E-state index in [9.17, 15) is 14.7 Å². The first-order valence-corrected chi connectivity index (χ1v) is 8.29. The molecule has 4 nitrogen and oxygen atoms in total. The average Bonchev–Trinajstić information content (AvgIpc) is 2.93. The van der Waals surface area contributed by atoms with E-state index in [1.807, 2.05) is 24.3 Å². The van der Waals surface area contributed by atoms with Gasteiger partial charge in [0.25, 0.3) is 0 Å². The number of carbonyl (C=O) groups is 2. The number of rotatable bonds is 4. The molecular weight excluding hydrogens is 278 g/mol. The summed E-state index contributed by atoms with van der Waals surface area (Å²) in [6, 6.07) is 7.38. The smallest absolute Gasteiger partial charge is 0.312 e. The van der Waals surface area contributed by atoms with Crippen LogP contribution < -0.4 is 4.90 Å². The van der Waals surface area contributed by atoms with Gasteiger partial charge in [-0.2, -0.15) is 0 Å². The van der Waals surface area contributed by atoms with Gasteiger partial charge in [0.15, 0.2) is 0 Å². The summed E-state index contributed by atoms with van der Waals surface area (Å²) in [6.45, 7) is 0.276. The molecule has 1 saturated carbocycles. The molecule has 1 aliphatic heterocycles. The number of aliphatic carboxylic acids is 1. The van der Waals surface area contributed by atoms with E-state index in [1.54, 1.807) is 4.90 Å². The Morgan fingerprint density at radius 2 is 1.86 bits per heavy atom. The van der Waals surface area contributed by atoms with Crippen LogP contribution in [0.15, 0.2) is 24.3 Å². The minimum Gasteiger partial charge on any atom is -0.481 e. The molecule has 1 atom stereocenters. The lowest BCUT2D eigenvalue weighted by Gasteiger charge is -2.23. The van der Waals surface area contributed by atoms with Crippen molar-refractivity contribution in [2.24, 2.45) is 5.92 Å². The van der Waals surface area contributed by atoms with Crippen LogP contribution in [0.2, 0.25) is 0 Å². The number of fused-ring (bicyclic) bond motifs is 1. The maximum Gasteiger partial charge on any atom is 0.312 e. The van der Waals surface area contributed by atoms with Crippen LogP contribution in [-0.2, 0) is 9.59 Å². The number of hydrogen-bond donors (Lipinski definition) is 1. The Labute approximate surface area is 131 Å². The SMILES string of the molecule is O=C(O)C1CN(C(=O)CCC2CCCCC2)c2ccccc21. The first-order chi connectivity index (χ1) is 10.7. The van der Waals surface area contributed by atoms with Gasteiger partial charge in [0.05, 0.1) is 0 Å². The number of carboxylic acids is 1. The Bertz CT molecular complexity index is 563. The normalized spacial score (nSPS) is 21.6. The van der Waals surface area contributed by atoms with E-state index in [4.69, 9.17) is 0 Å². The number of anilines is 1. The first kappa shape index (κ1) is 15.1. The molecule has 4 heteroatoms. The van der Waals surface area contributed by atoms with Gasteiger partial charge < -0.3 is 10.0 Å². The number of hydrogen-bond acceptors (Lipinski definition) is 2. The Balaban J connectivity index is 1.66. The van der Waals surface area contributed by atoms with Gasteiger partial charge in [0.1, 0.15) is 5.92 Å². The second-order valence-electron chi connectivity index (χ2n) is 6.50. The molecule has 118 valence electrons. The van der Waals surface area contributed by atoms with E-state index in [0.29, 0.717) is 12.3 Å². The summed E-state index contributed by atoms with van der Waals surface area (Å²) >= 11 is 0. The molecule has 1 amide bonds. The van der Waals surface area contributed by atoms with Crippen LogP contribution in [0.4, 0.5) is 5.69 Å². The highest BCUT2D eigenvalue weighted by atomic mass is 16.4. The van der Waals surface area contributed by atoms with Crippen LogP contribution in [0.3, 0.4) is 0 Å². The summed E-state index contributed by atoms with van der Waals surface area (Å²) in [6.07, 6.45) is 7.84. The third kappa shape index (κ3) is 3.01. The van der Waals surface area contributed by atoms with Gasteiger partial charge in [-0.05, 0) is 24.0 Å². The van der Waals surface area contributed by atoms with Gasteiger partial charge >= 0.3 is 5.97 Å². The monoisotopic (exact) mass is 301 g/mol. The van der Waals surface area contributed by atoms with Crippen LogP contribution in [0.5, 0.6) is 0 Å². The predicted octanol–water partition coefficient (Wildman–Crippen LogP) is 3.56. The number of carbonyl (C=O) groups excluding carboxylic acids is 1. The number of carboxylic acid groups (broad SMARTS) is 1. The Morgan fingerprint density at radius 1 is 1.14 bits per heavy atom. The highest BCUT2D eigenvalue weighted by Gasteiger charge is 2.36. The van der Waals surface area contributed by atoms with Crippen molar-refractivity contribution in [3.63, 3.8) is 0 Å². The van der Waals surface area contributed by atoms with E-state index < -0.39 is 11.9 Å². The molecule has 2 aliphatic rings. The van der Waals surface area contributed by atoms with Crippen LogP contribution in [0.25, 0.3) is 0 Å². The molecule has 22 heavy (non-hydrogen) atoms. The van der Waals surface area contributed by atoms with Gasteiger partial charge in [-0.3, -0.25) is 9.59 Å². The molecular formula is C18H23NO3. The Kier molecular flexibility index (Phi) is 4.46. The molecule has 0 saturated heterocycles. The number of benzene rings is 1. The summed E-state index contributed by atoms with van der Waals surface area (Å²) in [5, 5.41) is 9.36. The zero-order chi connectivity index (χ0) is 15.5. The molecule has 0 radical (unpaired) electrons. The second-order valence-corrected chi connectivity index (χ2v) is 6.50. The largest absolute Gasteiger partial charge is 0.481 e. The fourth-order valence-corrected chi connectivity index (χ4v) is 3.79. The lowest BCUT2D eigenvalue weighted by Crippen LogP contribution is -2.31. The minimum atomic E-state index is -0.852. The van der Waals surface area contributed by atoms with E-state index >= 15 is 0 Å². The van der Waals surface area contributed by atoms with Crippen molar-refractivity contribution in [1.29, 1.82) is 0 Å².